The van der Waals surface area contributed by atoms with Crippen LogP contribution in [0.2, 0.25) is 0 Å². The maximum Gasteiger partial charge on any atom is 0.120 e. The van der Waals surface area contributed by atoms with E-state index in [9.17, 15) is 0 Å². The first-order chi connectivity index (χ1) is 8.95. The Balaban J connectivity index is 2.86. The van der Waals surface area contributed by atoms with Crippen molar-refractivity contribution in [1.82, 2.24) is 0 Å². The van der Waals surface area contributed by atoms with E-state index in [1.165, 1.54) is 5.56 Å². The topological polar surface area (TPSA) is 35.2 Å². The number of rotatable bonds is 5. The van der Waals surface area contributed by atoms with Gasteiger partial charge in [0.15, 0.2) is 0 Å². The molecule has 0 spiro atoms. The molecule has 0 unspecified atom stereocenters. The maximum atomic E-state index is 5.89. The first-order valence-electron chi connectivity index (χ1n) is 7.45. The molecule has 2 heteroatoms. The number of ether oxygens (including phenoxy) is 1. The third kappa shape index (κ3) is 5.16. The van der Waals surface area contributed by atoms with Crippen molar-refractivity contribution >= 4 is 0 Å². The third-order valence-electron chi connectivity index (χ3n) is 3.49. The van der Waals surface area contributed by atoms with Gasteiger partial charge < -0.3 is 10.5 Å². The lowest BCUT2D eigenvalue weighted by Gasteiger charge is -2.33. The molecule has 0 bridgehead atoms. The Morgan fingerprint density at radius 3 is 1.80 bits per heavy atom. The second kappa shape index (κ2) is 5.77. The average Bonchev–Trinajstić information content (AvgIpc) is 2.26. The van der Waals surface area contributed by atoms with Crippen molar-refractivity contribution in [2.45, 2.75) is 65.9 Å². The molecule has 2 nitrogen and oxygen atoms in total. The van der Waals surface area contributed by atoms with Gasteiger partial charge in [-0.15, -0.1) is 0 Å². The van der Waals surface area contributed by atoms with Crippen LogP contribution in [0.1, 0.15) is 60.5 Å². The standard InChI is InChI=1S/C18H31NO/c1-16(2,3)12-17(4,5)14-8-10-15(11-9-14)20-18(6,7)13-19/h8-11H,12-13,19H2,1-7H3. The van der Waals surface area contributed by atoms with Gasteiger partial charge in [0.1, 0.15) is 11.4 Å². The molecule has 0 atom stereocenters. The maximum absolute atomic E-state index is 5.89. The molecule has 0 saturated heterocycles. The molecule has 0 aliphatic carbocycles. The number of hydrogen-bond acceptors (Lipinski definition) is 2. The molecule has 1 aromatic carbocycles. The molecule has 0 aliphatic heterocycles. The van der Waals surface area contributed by atoms with Crippen molar-refractivity contribution in [1.29, 1.82) is 0 Å². The number of benzene rings is 1. The van der Waals surface area contributed by atoms with E-state index in [1.54, 1.807) is 0 Å². The zero-order valence-electron chi connectivity index (χ0n) is 14.2. The van der Waals surface area contributed by atoms with Gasteiger partial charge in [-0.3, -0.25) is 0 Å². The molecule has 0 aliphatic rings. The lowest BCUT2D eigenvalue weighted by atomic mass is 9.72. The van der Waals surface area contributed by atoms with E-state index in [2.05, 4.69) is 58.9 Å². The summed E-state index contributed by atoms with van der Waals surface area (Å²) in [6.45, 7) is 16.0. The van der Waals surface area contributed by atoms with Crippen LogP contribution in [-0.2, 0) is 5.41 Å². The zero-order chi connectivity index (χ0) is 15.6. The molecule has 114 valence electrons. The second-order valence-electron chi connectivity index (χ2n) is 8.21. The monoisotopic (exact) mass is 277 g/mol. The summed E-state index contributed by atoms with van der Waals surface area (Å²) in [6.07, 6.45) is 1.15. The van der Waals surface area contributed by atoms with Crippen LogP contribution in [0, 0.1) is 5.41 Å². The Morgan fingerprint density at radius 1 is 0.900 bits per heavy atom. The molecule has 1 aromatic rings. The van der Waals surface area contributed by atoms with E-state index in [0.29, 0.717) is 12.0 Å². The summed E-state index contributed by atoms with van der Waals surface area (Å²) in [4.78, 5) is 0. The molecule has 0 aromatic heterocycles. The van der Waals surface area contributed by atoms with Gasteiger partial charge in [-0.1, -0.05) is 46.8 Å². The van der Waals surface area contributed by atoms with Crippen LogP contribution in [0.3, 0.4) is 0 Å². The number of hydrogen-bond donors (Lipinski definition) is 1. The molecule has 0 radical (unpaired) electrons. The van der Waals surface area contributed by atoms with Gasteiger partial charge in [0.05, 0.1) is 0 Å². The quantitative estimate of drug-likeness (QED) is 0.859. The third-order valence-corrected chi connectivity index (χ3v) is 3.49. The van der Waals surface area contributed by atoms with Gasteiger partial charge in [-0.25, -0.2) is 0 Å². The van der Waals surface area contributed by atoms with E-state index in [4.69, 9.17) is 10.5 Å². The van der Waals surface area contributed by atoms with Gasteiger partial charge in [-0.2, -0.15) is 0 Å². The Labute approximate surface area is 124 Å². The largest absolute Gasteiger partial charge is 0.487 e. The average molecular weight is 277 g/mol. The predicted molar refractivity (Wildman–Crippen MR) is 87.3 cm³/mol. The summed E-state index contributed by atoms with van der Waals surface area (Å²) in [5, 5.41) is 0. The van der Waals surface area contributed by atoms with E-state index < -0.39 is 0 Å². The highest BCUT2D eigenvalue weighted by atomic mass is 16.5. The van der Waals surface area contributed by atoms with Gasteiger partial charge in [0.2, 0.25) is 0 Å². The first kappa shape index (κ1) is 17.0. The van der Waals surface area contributed by atoms with Crippen molar-refractivity contribution in [3.8, 4) is 5.75 Å². The smallest absolute Gasteiger partial charge is 0.120 e. The van der Waals surface area contributed by atoms with Crippen molar-refractivity contribution in [2.75, 3.05) is 6.54 Å². The summed E-state index contributed by atoms with van der Waals surface area (Å²) in [7, 11) is 0. The summed E-state index contributed by atoms with van der Waals surface area (Å²) in [6, 6.07) is 8.45. The van der Waals surface area contributed by atoms with Crippen molar-refractivity contribution in [2.24, 2.45) is 11.1 Å². The van der Waals surface area contributed by atoms with Crippen LogP contribution in [0.4, 0.5) is 0 Å². The summed E-state index contributed by atoms with van der Waals surface area (Å²) >= 11 is 0. The summed E-state index contributed by atoms with van der Waals surface area (Å²) in [5.74, 6) is 0.885. The highest BCUT2D eigenvalue weighted by molar-refractivity contribution is 5.32. The fourth-order valence-corrected chi connectivity index (χ4v) is 2.76. The highest BCUT2D eigenvalue weighted by Gasteiger charge is 2.27. The Bertz CT molecular complexity index is 424. The van der Waals surface area contributed by atoms with Gasteiger partial charge in [0, 0.05) is 6.54 Å². The van der Waals surface area contributed by atoms with Gasteiger partial charge >= 0.3 is 0 Å². The Hall–Kier alpha value is -1.02. The van der Waals surface area contributed by atoms with E-state index >= 15 is 0 Å². The van der Waals surface area contributed by atoms with Crippen LogP contribution in [0.15, 0.2) is 24.3 Å². The molecular formula is C18H31NO. The Kier molecular flexibility index (Phi) is 4.91. The van der Waals surface area contributed by atoms with Crippen molar-refractivity contribution in [3.63, 3.8) is 0 Å². The van der Waals surface area contributed by atoms with E-state index in [1.807, 2.05) is 13.8 Å². The second-order valence-corrected chi connectivity index (χ2v) is 8.21. The molecular weight excluding hydrogens is 246 g/mol. The minimum atomic E-state index is -0.317. The molecule has 0 amide bonds. The predicted octanol–water partition coefficient (Wildman–Crippen LogP) is 4.52. The molecule has 2 N–H and O–H groups in total. The lowest BCUT2D eigenvalue weighted by Crippen LogP contribution is -2.37. The van der Waals surface area contributed by atoms with Crippen molar-refractivity contribution in [3.05, 3.63) is 29.8 Å². The van der Waals surface area contributed by atoms with Crippen molar-refractivity contribution < 1.29 is 4.74 Å². The minimum Gasteiger partial charge on any atom is -0.487 e. The van der Waals surface area contributed by atoms with Crippen LogP contribution in [0.5, 0.6) is 5.75 Å². The molecule has 1 rings (SSSR count). The fraction of sp³-hybridized carbons (Fsp3) is 0.667. The van der Waals surface area contributed by atoms with Crippen LogP contribution >= 0.6 is 0 Å². The fourth-order valence-electron chi connectivity index (χ4n) is 2.76. The van der Waals surface area contributed by atoms with Gasteiger partial charge in [-0.05, 0) is 48.8 Å². The number of nitrogens with two attached hydrogens (primary N) is 1. The zero-order valence-corrected chi connectivity index (χ0v) is 14.2. The van der Waals surface area contributed by atoms with Gasteiger partial charge in [0.25, 0.3) is 0 Å². The highest BCUT2D eigenvalue weighted by Crippen LogP contribution is 2.36. The van der Waals surface area contributed by atoms with Crippen LogP contribution in [-0.4, -0.2) is 12.1 Å². The normalized spacial score (nSPS) is 13.4. The molecule has 0 saturated carbocycles. The first-order valence-corrected chi connectivity index (χ1v) is 7.45. The minimum absolute atomic E-state index is 0.167. The molecule has 20 heavy (non-hydrogen) atoms. The lowest BCUT2D eigenvalue weighted by molar-refractivity contribution is 0.119. The van der Waals surface area contributed by atoms with E-state index in [0.717, 1.165) is 12.2 Å². The van der Waals surface area contributed by atoms with E-state index in [-0.39, 0.29) is 11.0 Å². The molecule has 0 fully saturated rings. The van der Waals surface area contributed by atoms with Crippen LogP contribution < -0.4 is 10.5 Å². The summed E-state index contributed by atoms with van der Waals surface area (Å²) < 4.78 is 5.89. The van der Waals surface area contributed by atoms with Crippen LogP contribution in [0.25, 0.3) is 0 Å². The SMILES string of the molecule is CC(C)(C)CC(C)(C)c1ccc(OC(C)(C)CN)cc1. The molecule has 0 heterocycles. The Morgan fingerprint density at radius 2 is 1.40 bits per heavy atom. The summed E-state index contributed by atoms with van der Waals surface area (Å²) in [5.41, 5.74) is 7.22.